The minimum atomic E-state index is -3.90. The first-order valence-electron chi connectivity index (χ1n) is 9.57. The molecule has 6 nitrogen and oxygen atoms in total. The molecule has 3 rings (SSSR count). The maximum Gasteiger partial charge on any atom is 0.257 e. The van der Waals surface area contributed by atoms with E-state index in [1.807, 2.05) is 0 Å². The van der Waals surface area contributed by atoms with Gasteiger partial charge in [-0.3, -0.25) is 4.79 Å². The summed E-state index contributed by atoms with van der Waals surface area (Å²) in [4.78, 5) is 14.6. The molecule has 0 bridgehead atoms. The van der Waals surface area contributed by atoms with E-state index in [1.54, 1.807) is 11.8 Å². The number of piperidine rings is 1. The fraction of sp³-hybridized carbons (Fsp3) is 0.381. The maximum atomic E-state index is 13.1. The van der Waals surface area contributed by atoms with Gasteiger partial charge in [0.2, 0.25) is 10.0 Å². The van der Waals surface area contributed by atoms with E-state index in [2.05, 4.69) is 4.72 Å². The normalized spacial score (nSPS) is 15.8. The number of nitrogens with zero attached hydrogens (tertiary/aromatic N) is 1. The molecule has 0 aromatic heterocycles. The van der Waals surface area contributed by atoms with Gasteiger partial charge in [-0.25, -0.2) is 17.5 Å². The van der Waals surface area contributed by atoms with Crippen molar-refractivity contribution in [3.8, 4) is 5.75 Å². The summed E-state index contributed by atoms with van der Waals surface area (Å²) in [6.45, 7) is 2.98. The summed E-state index contributed by atoms with van der Waals surface area (Å²) in [5.41, 5.74) is 0.861. The summed E-state index contributed by atoms with van der Waals surface area (Å²) < 4.78 is 46.7. The molecule has 0 saturated carbocycles. The van der Waals surface area contributed by atoms with Crippen LogP contribution in [0.25, 0.3) is 0 Å². The number of ether oxygens (including phenoxy) is 1. The van der Waals surface area contributed by atoms with Crippen molar-refractivity contribution in [3.63, 3.8) is 0 Å². The monoisotopic (exact) mass is 420 g/mol. The second-order valence-electron chi connectivity index (χ2n) is 7.11. The molecule has 1 atom stereocenters. The topological polar surface area (TPSA) is 75.7 Å². The van der Waals surface area contributed by atoms with Crippen LogP contribution in [0, 0.1) is 5.82 Å². The Kier molecular flexibility index (Phi) is 6.54. The molecule has 1 aliphatic heterocycles. The Hall–Kier alpha value is -2.45. The van der Waals surface area contributed by atoms with Crippen molar-refractivity contribution in [1.29, 1.82) is 0 Å². The Labute approximate surface area is 170 Å². The first-order valence-corrected chi connectivity index (χ1v) is 11.1. The summed E-state index contributed by atoms with van der Waals surface area (Å²) in [6, 6.07) is 9.31. The van der Waals surface area contributed by atoms with E-state index >= 15 is 0 Å². The fourth-order valence-corrected chi connectivity index (χ4v) is 4.67. The van der Waals surface area contributed by atoms with Gasteiger partial charge in [0.1, 0.15) is 11.6 Å². The lowest BCUT2D eigenvalue weighted by Crippen LogP contribution is -2.36. The molecule has 2 aromatic carbocycles. The lowest BCUT2D eigenvalue weighted by Gasteiger charge is -2.27. The number of nitrogens with one attached hydrogen (secondary N) is 1. The third kappa shape index (κ3) is 4.94. The van der Waals surface area contributed by atoms with Crippen LogP contribution in [0.2, 0.25) is 0 Å². The van der Waals surface area contributed by atoms with Crippen LogP contribution in [0.3, 0.4) is 0 Å². The summed E-state index contributed by atoms with van der Waals surface area (Å²) in [6.07, 6.45) is 2.95. The number of halogens is 1. The van der Waals surface area contributed by atoms with Crippen LogP contribution in [0.1, 0.15) is 48.1 Å². The highest BCUT2D eigenvalue weighted by atomic mass is 32.2. The first kappa shape index (κ1) is 21.3. The van der Waals surface area contributed by atoms with E-state index in [-0.39, 0.29) is 22.2 Å². The number of hydrogen-bond acceptors (Lipinski definition) is 4. The molecule has 0 aliphatic carbocycles. The molecule has 0 unspecified atom stereocenters. The van der Waals surface area contributed by atoms with E-state index in [0.29, 0.717) is 24.4 Å². The third-order valence-corrected chi connectivity index (χ3v) is 6.60. The van der Waals surface area contributed by atoms with Crippen molar-refractivity contribution in [2.45, 2.75) is 37.1 Å². The number of benzene rings is 2. The van der Waals surface area contributed by atoms with E-state index in [4.69, 9.17) is 4.74 Å². The molecule has 2 aromatic rings. The van der Waals surface area contributed by atoms with E-state index in [1.165, 1.54) is 49.6 Å². The van der Waals surface area contributed by atoms with Crippen molar-refractivity contribution in [3.05, 3.63) is 59.4 Å². The highest BCUT2D eigenvalue weighted by Gasteiger charge is 2.25. The van der Waals surface area contributed by atoms with E-state index < -0.39 is 16.1 Å². The van der Waals surface area contributed by atoms with Crippen LogP contribution in [-0.2, 0) is 10.0 Å². The lowest BCUT2D eigenvalue weighted by atomic mass is 10.1. The zero-order valence-corrected chi connectivity index (χ0v) is 17.3. The van der Waals surface area contributed by atoms with Gasteiger partial charge in [-0.2, -0.15) is 0 Å². The Morgan fingerprint density at radius 1 is 1.10 bits per heavy atom. The molecule has 29 heavy (non-hydrogen) atoms. The van der Waals surface area contributed by atoms with Crippen molar-refractivity contribution < 1.29 is 22.3 Å². The van der Waals surface area contributed by atoms with Crippen LogP contribution in [-0.4, -0.2) is 39.4 Å². The molecule has 1 fully saturated rings. The molecule has 1 amide bonds. The number of carbonyl (C=O) groups is 1. The van der Waals surface area contributed by atoms with Gasteiger partial charge in [-0.15, -0.1) is 0 Å². The second-order valence-corrected chi connectivity index (χ2v) is 8.82. The van der Waals surface area contributed by atoms with Crippen LogP contribution in [0.15, 0.2) is 47.4 Å². The van der Waals surface area contributed by atoms with Gasteiger partial charge in [-0.1, -0.05) is 12.1 Å². The molecular formula is C21H25FN2O4S. The smallest absolute Gasteiger partial charge is 0.257 e. The second kappa shape index (κ2) is 8.92. The lowest BCUT2D eigenvalue weighted by molar-refractivity contribution is 0.0720. The molecule has 1 heterocycles. The average Bonchev–Trinajstić information content (AvgIpc) is 2.73. The SMILES string of the molecule is COc1ccc(S(=O)(=O)N[C@@H](C)c2ccc(F)cc2)cc1C(=O)N1CCCCC1. The van der Waals surface area contributed by atoms with Crippen molar-refractivity contribution in [2.24, 2.45) is 0 Å². The molecule has 1 saturated heterocycles. The van der Waals surface area contributed by atoms with Gasteiger partial charge in [0.05, 0.1) is 17.6 Å². The van der Waals surface area contributed by atoms with Crippen LogP contribution in [0.4, 0.5) is 4.39 Å². The number of hydrogen-bond donors (Lipinski definition) is 1. The predicted molar refractivity (Wildman–Crippen MR) is 108 cm³/mol. The first-order chi connectivity index (χ1) is 13.8. The molecule has 0 spiro atoms. The predicted octanol–water partition coefficient (Wildman–Crippen LogP) is 3.50. The van der Waals surface area contributed by atoms with Crippen LogP contribution in [0.5, 0.6) is 5.75 Å². The standard InChI is InChI=1S/C21H25FN2O4S/c1-15(16-6-8-17(22)9-7-16)23-29(26,27)18-10-11-20(28-2)19(14-18)21(25)24-12-4-3-5-13-24/h6-11,14-15,23H,3-5,12-13H2,1-2H3/t15-/m0/s1. The Balaban J connectivity index is 1.86. The third-order valence-electron chi connectivity index (χ3n) is 5.06. The number of amides is 1. The number of carbonyl (C=O) groups excluding carboxylic acids is 1. The van der Waals surface area contributed by atoms with Gasteiger partial charge in [0.25, 0.3) is 5.91 Å². The average molecular weight is 421 g/mol. The summed E-state index contributed by atoms with van der Waals surface area (Å²) in [5.74, 6) is -0.281. The zero-order valence-electron chi connectivity index (χ0n) is 16.5. The summed E-state index contributed by atoms with van der Waals surface area (Å²) >= 11 is 0. The molecule has 1 N–H and O–H groups in total. The Morgan fingerprint density at radius 3 is 2.38 bits per heavy atom. The van der Waals surface area contributed by atoms with E-state index in [0.717, 1.165) is 19.3 Å². The minimum absolute atomic E-state index is 0.0207. The number of sulfonamides is 1. The van der Waals surface area contributed by atoms with Gasteiger partial charge in [-0.05, 0) is 62.1 Å². The zero-order chi connectivity index (χ0) is 21.0. The van der Waals surface area contributed by atoms with Gasteiger partial charge >= 0.3 is 0 Å². The Morgan fingerprint density at radius 2 is 1.76 bits per heavy atom. The molecular weight excluding hydrogens is 395 g/mol. The maximum absolute atomic E-state index is 13.1. The number of likely N-dealkylation sites (tertiary alicyclic amines) is 1. The largest absolute Gasteiger partial charge is 0.496 e. The highest BCUT2D eigenvalue weighted by Crippen LogP contribution is 2.26. The molecule has 0 radical (unpaired) electrons. The van der Waals surface area contributed by atoms with Crippen LogP contribution >= 0.6 is 0 Å². The fourth-order valence-electron chi connectivity index (χ4n) is 3.41. The molecule has 8 heteroatoms. The number of rotatable bonds is 6. The molecule has 1 aliphatic rings. The quantitative estimate of drug-likeness (QED) is 0.776. The Bertz CT molecular complexity index is 971. The highest BCUT2D eigenvalue weighted by molar-refractivity contribution is 7.89. The minimum Gasteiger partial charge on any atom is -0.496 e. The van der Waals surface area contributed by atoms with Gasteiger partial charge in [0, 0.05) is 19.1 Å². The van der Waals surface area contributed by atoms with Crippen LogP contribution < -0.4 is 9.46 Å². The van der Waals surface area contributed by atoms with Gasteiger partial charge in [0.15, 0.2) is 0 Å². The number of methoxy groups -OCH3 is 1. The van der Waals surface area contributed by atoms with Crippen molar-refractivity contribution >= 4 is 15.9 Å². The van der Waals surface area contributed by atoms with Crippen molar-refractivity contribution in [2.75, 3.05) is 20.2 Å². The van der Waals surface area contributed by atoms with E-state index in [9.17, 15) is 17.6 Å². The van der Waals surface area contributed by atoms with Gasteiger partial charge < -0.3 is 9.64 Å². The summed E-state index contributed by atoms with van der Waals surface area (Å²) in [5, 5.41) is 0. The molecule has 156 valence electrons. The summed E-state index contributed by atoms with van der Waals surface area (Å²) in [7, 11) is -2.45. The van der Waals surface area contributed by atoms with Crippen molar-refractivity contribution in [1.82, 2.24) is 9.62 Å².